The van der Waals surface area contributed by atoms with Crippen LogP contribution in [0.15, 0.2) is 34.9 Å². The molecule has 1 N–H and O–H groups in total. The van der Waals surface area contributed by atoms with Gasteiger partial charge < -0.3 is 14.4 Å². The Balaban J connectivity index is 1.59. The van der Waals surface area contributed by atoms with Crippen LogP contribution in [0.3, 0.4) is 0 Å². The van der Waals surface area contributed by atoms with Crippen molar-refractivity contribution in [3.8, 4) is 0 Å². The molecule has 1 fully saturated rings. The van der Waals surface area contributed by atoms with Gasteiger partial charge >= 0.3 is 0 Å². The highest BCUT2D eigenvalue weighted by Crippen LogP contribution is 2.34. The maximum absolute atomic E-state index is 10.9. The van der Waals surface area contributed by atoms with E-state index in [9.17, 15) is 5.11 Å². The molecule has 1 atom stereocenters. The molecule has 7 nitrogen and oxygen atoms in total. The van der Waals surface area contributed by atoms with Crippen LogP contribution in [0.5, 0.6) is 0 Å². The van der Waals surface area contributed by atoms with E-state index in [0.29, 0.717) is 31.2 Å². The average Bonchev–Trinajstić information content (AvgIpc) is 3.24. The third kappa shape index (κ3) is 2.37. The second-order valence-electron chi connectivity index (χ2n) is 6.34. The van der Waals surface area contributed by atoms with Gasteiger partial charge in [0.1, 0.15) is 16.8 Å². The standard InChI is InChI=1S/C16H19N5O2/c1-11(2)21-9-14(18-19-21)16(22)7-8-20(10-16)15-17-12-5-3-4-6-13(12)23-15/h3-6,9,11,22H,7-8,10H2,1-2H3/t16-/m0/s1. The number of anilines is 1. The number of fused-ring (bicyclic) bond motifs is 1. The molecule has 120 valence electrons. The minimum Gasteiger partial charge on any atom is -0.423 e. The van der Waals surface area contributed by atoms with Crippen LogP contribution in [0.25, 0.3) is 11.1 Å². The number of nitrogens with zero attached hydrogens (tertiary/aromatic N) is 5. The fraction of sp³-hybridized carbons (Fsp3) is 0.438. The SMILES string of the molecule is CC(C)n1cc([C@]2(O)CCN(c3nc4ccccc4o3)C2)nn1. The summed E-state index contributed by atoms with van der Waals surface area (Å²) in [5.74, 6) is 0. The molecule has 0 radical (unpaired) electrons. The van der Waals surface area contributed by atoms with E-state index in [-0.39, 0.29) is 6.04 Å². The number of aromatic nitrogens is 4. The molecule has 1 aromatic carbocycles. The van der Waals surface area contributed by atoms with Gasteiger partial charge in [0.05, 0.1) is 12.7 Å². The highest BCUT2D eigenvalue weighted by atomic mass is 16.4. The summed E-state index contributed by atoms with van der Waals surface area (Å²) in [6.07, 6.45) is 2.39. The Morgan fingerprint density at radius 2 is 2.13 bits per heavy atom. The number of β-amino-alcohol motifs (C(OH)–C–C–N with tert-alkyl or cyclic N) is 1. The first-order valence-electron chi connectivity index (χ1n) is 7.80. The van der Waals surface area contributed by atoms with Crippen molar-refractivity contribution in [1.82, 2.24) is 20.0 Å². The van der Waals surface area contributed by atoms with Crippen molar-refractivity contribution in [2.45, 2.75) is 31.9 Å². The molecule has 3 heterocycles. The first-order chi connectivity index (χ1) is 11.0. The number of oxazole rings is 1. The Labute approximate surface area is 133 Å². The van der Waals surface area contributed by atoms with Crippen LogP contribution in [0, 0.1) is 0 Å². The van der Waals surface area contributed by atoms with Crippen molar-refractivity contribution >= 4 is 17.1 Å². The fourth-order valence-corrected chi connectivity index (χ4v) is 2.90. The lowest BCUT2D eigenvalue weighted by Gasteiger charge is -2.19. The highest BCUT2D eigenvalue weighted by molar-refractivity contribution is 5.74. The number of hydrogen-bond acceptors (Lipinski definition) is 6. The maximum atomic E-state index is 10.9. The summed E-state index contributed by atoms with van der Waals surface area (Å²) >= 11 is 0. The maximum Gasteiger partial charge on any atom is 0.298 e. The van der Waals surface area contributed by atoms with Gasteiger partial charge in [0, 0.05) is 19.0 Å². The second kappa shape index (κ2) is 5.06. The quantitative estimate of drug-likeness (QED) is 0.797. The predicted octanol–water partition coefficient (Wildman–Crippen LogP) is 2.10. The van der Waals surface area contributed by atoms with E-state index < -0.39 is 5.60 Å². The van der Waals surface area contributed by atoms with Gasteiger partial charge in [-0.15, -0.1) is 5.10 Å². The average molecular weight is 313 g/mol. The van der Waals surface area contributed by atoms with Gasteiger partial charge in [0.25, 0.3) is 6.01 Å². The zero-order valence-corrected chi connectivity index (χ0v) is 13.2. The van der Waals surface area contributed by atoms with Gasteiger partial charge in [0.15, 0.2) is 5.58 Å². The van der Waals surface area contributed by atoms with Crippen LogP contribution in [-0.2, 0) is 5.60 Å². The van der Waals surface area contributed by atoms with E-state index in [1.54, 1.807) is 4.68 Å². The molecule has 0 unspecified atom stereocenters. The van der Waals surface area contributed by atoms with Crippen LogP contribution in [0.4, 0.5) is 6.01 Å². The van der Waals surface area contributed by atoms with Gasteiger partial charge in [-0.3, -0.25) is 0 Å². The normalized spacial score (nSPS) is 21.7. The number of benzene rings is 1. The Hall–Kier alpha value is -2.41. The fourth-order valence-electron chi connectivity index (χ4n) is 2.90. The third-order valence-electron chi connectivity index (χ3n) is 4.32. The molecule has 2 aromatic heterocycles. The molecule has 1 aliphatic heterocycles. The van der Waals surface area contributed by atoms with E-state index in [0.717, 1.165) is 11.1 Å². The third-order valence-corrected chi connectivity index (χ3v) is 4.32. The van der Waals surface area contributed by atoms with Gasteiger partial charge in [-0.2, -0.15) is 4.98 Å². The summed E-state index contributed by atoms with van der Waals surface area (Å²) < 4.78 is 7.55. The topological polar surface area (TPSA) is 80.2 Å². The molecule has 0 aliphatic carbocycles. The molecule has 1 aliphatic rings. The van der Waals surface area contributed by atoms with Crippen molar-refractivity contribution in [1.29, 1.82) is 0 Å². The summed E-state index contributed by atoms with van der Waals surface area (Å²) in [7, 11) is 0. The first-order valence-corrected chi connectivity index (χ1v) is 7.80. The van der Waals surface area contributed by atoms with Crippen molar-refractivity contribution in [3.05, 3.63) is 36.2 Å². The van der Waals surface area contributed by atoms with E-state index in [2.05, 4.69) is 15.3 Å². The van der Waals surface area contributed by atoms with Crippen LogP contribution in [0.2, 0.25) is 0 Å². The van der Waals surface area contributed by atoms with Crippen LogP contribution in [0.1, 0.15) is 32.0 Å². The summed E-state index contributed by atoms with van der Waals surface area (Å²) in [6.45, 7) is 5.12. The van der Waals surface area contributed by atoms with E-state index in [4.69, 9.17) is 4.42 Å². The van der Waals surface area contributed by atoms with Crippen molar-refractivity contribution < 1.29 is 9.52 Å². The van der Waals surface area contributed by atoms with Crippen LogP contribution < -0.4 is 4.90 Å². The Morgan fingerprint density at radius 3 is 2.87 bits per heavy atom. The summed E-state index contributed by atoms with van der Waals surface area (Å²) in [5.41, 5.74) is 1.16. The van der Waals surface area contributed by atoms with E-state index in [1.807, 2.05) is 49.2 Å². The molecular weight excluding hydrogens is 294 g/mol. The monoisotopic (exact) mass is 313 g/mol. The predicted molar refractivity (Wildman–Crippen MR) is 85.1 cm³/mol. The molecule has 0 bridgehead atoms. The van der Waals surface area contributed by atoms with Crippen molar-refractivity contribution in [3.63, 3.8) is 0 Å². The molecule has 0 saturated carbocycles. The second-order valence-corrected chi connectivity index (χ2v) is 6.34. The minimum atomic E-state index is -1.02. The summed E-state index contributed by atoms with van der Waals surface area (Å²) in [6, 6.07) is 8.41. The zero-order chi connectivity index (χ0) is 16.0. The highest BCUT2D eigenvalue weighted by Gasteiger charge is 2.41. The van der Waals surface area contributed by atoms with Crippen molar-refractivity contribution in [2.75, 3.05) is 18.0 Å². The summed E-state index contributed by atoms with van der Waals surface area (Å²) in [5, 5.41) is 19.2. The Bertz CT molecular complexity index is 807. The molecule has 7 heteroatoms. The Kier molecular flexibility index (Phi) is 3.12. The van der Waals surface area contributed by atoms with Gasteiger partial charge in [-0.25, -0.2) is 4.68 Å². The molecule has 1 saturated heterocycles. The lowest BCUT2D eigenvalue weighted by atomic mass is 10.00. The van der Waals surface area contributed by atoms with Crippen LogP contribution in [-0.4, -0.2) is 38.2 Å². The van der Waals surface area contributed by atoms with Crippen LogP contribution >= 0.6 is 0 Å². The smallest absolute Gasteiger partial charge is 0.298 e. The number of rotatable bonds is 3. The lowest BCUT2D eigenvalue weighted by Crippen LogP contribution is -2.31. The number of hydrogen-bond donors (Lipinski definition) is 1. The molecule has 0 amide bonds. The minimum absolute atomic E-state index is 0.217. The molecule has 0 spiro atoms. The largest absolute Gasteiger partial charge is 0.423 e. The lowest BCUT2D eigenvalue weighted by molar-refractivity contribution is 0.0556. The summed E-state index contributed by atoms with van der Waals surface area (Å²) in [4.78, 5) is 6.45. The molecule has 23 heavy (non-hydrogen) atoms. The number of aliphatic hydroxyl groups is 1. The molecule has 3 aromatic rings. The molecular formula is C16H19N5O2. The molecule has 4 rings (SSSR count). The van der Waals surface area contributed by atoms with E-state index >= 15 is 0 Å². The van der Waals surface area contributed by atoms with Crippen molar-refractivity contribution in [2.24, 2.45) is 0 Å². The van der Waals surface area contributed by atoms with E-state index in [1.165, 1.54) is 0 Å². The van der Waals surface area contributed by atoms with Gasteiger partial charge in [0.2, 0.25) is 0 Å². The van der Waals surface area contributed by atoms with Gasteiger partial charge in [-0.05, 0) is 26.0 Å². The number of para-hydroxylation sites is 2. The van der Waals surface area contributed by atoms with Gasteiger partial charge in [-0.1, -0.05) is 17.3 Å². The Morgan fingerprint density at radius 1 is 1.30 bits per heavy atom. The first kappa shape index (κ1) is 14.2. The zero-order valence-electron chi connectivity index (χ0n) is 13.2.